The summed E-state index contributed by atoms with van der Waals surface area (Å²) in [7, 11) is 0. The molecule has 0 fully saturated rings. The lowest BCUT2D eigenvalue weighted by Gasteiger charge is -2.12. The summed E-state index contributed by atoms with van der Waals surface area (Å²) in [5, 5.41) is 7.56. The molecule has 26 heavy (non-hydrogen) atoms. The maximum Gasteiger partial charge on any atom is 0.450 e. The van der Waals surface area contributed by atoms with Gasteiger partial charge in [0.15, 0.2) is 5.65 Å². The number of hydrogen-bond donors (Lipinski definition) is 1. The Kier molecular flexibility index (Phi) is 3.71. The fourth-order valence-corrected chi connectivity index (χ4v) is 3.17. The molecule has 1 aromatic carbocycles. The molecule has 0 amide bonds. The van der Waals surface area contributed by atoms with Crippen LogP contribution >= 0.6 is 0 Å². The highest BCUT2D eigenvalue weighted by Crippen LogP contribution is 2.34. The van der Waals surface area contributed by atoms with Gasteiger partial charge in [0, 0.05) is 11.1 Å². The molecule has 4 aromatic rings. The van der Waals surface area contributed by atoms with Crippen LogP contribution in [0.25, 0.3) is 27.8 Å². The van der Waals surface area contributed by atoms with Crippen LogP contribution in [-0.2, 0) is 12.6 Å². The molecule has 0 bridgehead atoms. The third-order valence-corrected chi connectivity index (χ3v) is 4.31. The van der Waals surface area contributed by atoms with Gasteiger partial charge in [0.05, 0.1) is 17.4 Å². The summed E-state index contributed by atoms with van der Waals surface area (Å²) in [5.74, 6) is -0.976. The van der Waals surface area contributed by atoms with E-state index < -0.39 is 12.0 Å². The van der Waals surface area contributed by atoms with Crippen LogP contribution in [0.3, 0.4) is 0 Å². The lowest BCUT2D eigenvalue weighted by Crippen LogP contribution is -2.14. The van der Waals surface area contributed by atoms with Gasteiger partial charge in [-0.2, -0.15) is 18.3 Å². The van der Waals surface area contributed by atoms with Crippen LogP contribution in [0.15, 0.2) is 30.5 Å². The van der Waals surface area contributed by atoms with Gasteiger partial charge in [-0.25, -0.2) is 9.97 Å². The topological polar surface area (TPSA) is 59.4 Å². The number of pyridine rings is 1. The summed E-state index contributed by atoms with van der Waals surface area (Å²) in [6.45, 7) is 3.83. The number of H-pyrrole nitrogens is 1. The zero-order valence-electron chi connectivity index (χ0n) is 14.2. The highest BCUT2D eigenvalue weighted by Gasteiger charge is 2.38. The van der Waals surface area contributed by atoms with Gasteiger partial charge in [-0.05, 0) is 43.2 Å². The van der Waals surface area contributed by atoms with Gasteiger partial charge >= 0.3 is 6.18 Å². The largest absolute Gasteiger partial charge is 0.450 e. The van der Waals surface area contributed by atoms with Crippen LogP contribution in [0.4, 0.5) is 13.2 Å². The Hall–Kier alpha value is -2.90. The van der Waals surface area contributed by atoms with Gasteiger partial charge in [0.1, 0.15) is 5.52 Å². The molecular formula is C18H16F3N5. The fourth-order valence-electron chi connectivity index (χ4n) is 3.17. The Labute approximate surface area is 146 Å². The van der Waals surface area contributed by atoms with Crippen LogP contribution in [0.1, 0.15) is 30.4 Å². The Morgan fingerprint density at radius 3 is 2.69 bits per heavy atom. The molecule has 5 nitrogen and oxygen atoms in total. The Morgan fingerprint density at radius 2 is 1.96 bits per heavy atom. The van der Waals surface area contributed by atoms with E-state index in [9.17, 15) is 13.2 Å². The summed E-state index contributed by atoms with van der Waals surface area (Å²) in [6.07, 6.45) is -1.44. The lowest BCUT2D eigenvalue weighted by molar-refractivity contribution is -0.145. The molecule has 3 aromatic heterocycles. The van der Waals surface area contributed by atoms with Crippen LogP contribution in [0.2, 0.25) is 0 Å². The van der Waals surface area contributed by atoms with E-state index in [2.05, 4.69) is 20.2 Å². The lowest BCUT2D eigenvalue weighted by atomic mass is 10.1. The number of nitrogens with one attached hydrogen (secondary N) is 1. The third kappa shape index (κ3) is 2.61. The number of rotatable bonds is 3. The second-order valence-electron chi connectivity index (χ2n) is 6.26. The number of aryl methyl sites for hydroxylation is 2. The molecule has 4 rings (SSSR count). The molecule has 0 aliphatic carbocycles. The predicted octanol–water partition coefficient (Wildman–Crippen LogP) is 4.58. The molecule has 0 unspecified atom stereocenters. The molecule has 0 radical (unpaired) electrons. The first-order valence-corrected chi connectivity index (χ1v) is 8.28. The highest BCUT2D eigenvalue weighted by molar-refractivity contribution is 5.85. The number of nitrogens with zero attached hydrogens (tertiary/aromatic N) is 4. The SMILES string of the molecule is CCCc1ccc2nc(C(F)(F)F)n(-c3cc(C)c4[nH]ncc4c3)c2n1. The summed E-state index contributed by atoms with van der Waals surface area (Å²) < 4.78 is 42.0. The normalized spacial score (nSPS) is 12.3. The van der Waals surface area contributed by atoms with Crippen molar-refractivity contribution in [2.45, 2.75) is 32.9 Å². The van der Waals surface area contributed by atoms with E-state index in [1.807, 2.05) is 13.8 Å². The zero-order valence-corrected chi connectivity index (χ0v) is 14.2. The Balaban J connectivity index is 2.05. The van der Waals surface area contributed by atoms with E-state index in [4.69, 9.17) is 0 Å². The number of aromatic amines is 1. The summed E-state index contributed by atoms with van der Waals surface area (Å²) in [4.78, 5) is 8.26. The molecular weight excluding hydrogens is 343 g/mol. The minimum atomic E-state index is -4.59. The van der Waals surface area contributed by atoms with Crippen molar-refractivity contribution in [1.82, 2.24) is 24.7 Å². The maximum atomic E-state index is 13.6. The fraction of sp³-hybridized carbons (Fsp3) is 0.278. The number of halogens is 3. The van der Waals surface area contributed by atoms with E-state index in [0.29, 0.717) is 12.1 Å². The van der Waals surface area contributed by atoms with E-state index >= 15 is 0 Å². The van der Waals surface area contributed by atoms with Gasteiger partial charge in [-0.15, -0.1) is 0 Å². The van der Waals surface area contributed by atoms with Crippen LogP contribution in [0, 0.1) is 6.92 Å². The molecule has 1 N–H and O–H groups in total. The molecule has 0 atom stereocenters. The second kappa shape index (κ2) is 5.82. The molecule has 8 heteroatoms. The molecule has 3 heterocycles. The monoisotopic (exact) mass is 359 g/mol. The van der Waals surface area contributed by atoms with Crippen LogP contribution in [-0.4, -0.2) is 24.7 Å². The molecule has 0 saturated carbocycles. The van der Waals surface area contributed by atoms with E-state index in [0.717, 1.165) is 33.1 Å². The smallest absolute Gasteiger partial charge is 0.278 e. The van der Waals surface area contributed by atoms with Gasteiger partial charge in [0.25, 0.3) is 0 Å². The van der Waals surface area contributed by atoms with Crippen molar-refractivity contribution >= 4 is 22.1 Å². The number of aromatic nitrogens is 5. The van der Waals surface area contributed by atoms with Crippen molar-refractivity contribution < 1.29 is 13.2 Å². The molecule has 134 valence electrons. The average Bonchev–Trinajstić information content (AvgIpc) is 3.18. The minimum Gasteiger partial charge on any atom is -0.278 e. The van der Waals surface area contributed by atoms with Crippen molar-refractivity contribution in [2.24, 2.45) is 0 Å². The first kappa shape index (κ1) is 16.6. The molecule has 0 aliphatic rings. The van der Waals surface area contributed by atoms with Gasteiger partial charge in [0.2, 0.25) is 5.82 Å². The second-order valence-corrected chi connectivity index (χ2v) is 6.26. The van der Waals surface area contributed by atoms with Crippen molar-refractivity contribution in [3.8, 4) is 5.69 Å². The molecule has 0 saturated heterocycles. The standard InChI is InChI=1S/C18H16F3N5/c1-3-4-12-5-6-14-16(23-12)26(17(24-14)18(19,20)21)13-7-10(2)15-11(8-13)9-22-25-15/h5-9H,3-4H2,1-2H3,(H,22,25). The summed E-state index contributed by atoms with van der Waals surface area (Å²) in [6, 6.07) is 6.68. The summed E-state index contributed by atoms with van der Waals surface area (Å²) >= 11 is 0. The number of hydrogen-bond acceptors (Lipinski definition) is 3. The zero-order chi connectivity index (χ0) is 18.5. The minimum absolute atomic E-state index is 0.213. The van der Waals surface area contributed by atoms with Crippen molar-refractivity contribution in [1.29, 1.82) is 0 Å². The van der Waals surface area contributed by atoms with Gasteiger partial charge < -0.3 is 0 Å². The quantitative estimate of drug-likeness (QED) is 0.583. The first-order chi connectivity index (χ1) is 12.4. The molecule has 0 aliphatic heterocycles. The number of benzene rings is 1. The number of alkyl halides is 3. The average molecular weight is 359 g/mol. The number of imidazole rings is 1. The first-order valence-electron chi connectivity index (χ1n) is 8.28. The van der Waals surface area contributed by atoms with Crippen molar-refractivity contribution in [3.63, 3.8) is 0 Å². The van der Waals surface area contributed by atoms with E-state index in [1.54, 1.807) is 30.5 Å². The maximum absolute atomic E-state index is 13.6. The Bertz CT molecular complexity index is 1110. The number of fused-ring (bicyclic) bond motifs is 2. The van der Waals surface area contributed by atoms with Crippen molar-refractivity contribution in [3.05, 3.63) is 47.5 Å². The van der Waals surface area contributed by atoms with E-state index in [1.165, 1.54) is 0 Å². The van der Waals surface area contributed by atoms with Gasteiger partial charge in [-0.3, -0.25) is 9.67 Å². The Morgan fingerprint density at radius 1 is 1.15 bits per heavy atom. The third-order valence-electron chi connectivity index (χ3n) is 4.31. The molecule has 0 spiro atoms. The highest BCUT2D eigenvalue weighted by atomic mass is 19.4. The predicted molar refractivity (Wildman–Crippen MR) is 92.3 cm³/mol. The summed E-state index contributed by atoms with van der Waals surface area (Å²) in [5.41, 5.74) is 3.15. The van der Waals surface area contributed by atoms with Crippen LogP contribution < -0.4 is 0 Å². The van der Waals surface area contributed by atoms with Gasteiger partial charge in [-0.1, -0.05) is 13.3 Å². The van der Waals surface area contributed by atoms with E-state index in [-0.39, 0.29) is 11.2 Å². The van der Waals surface area contributed by atoms with Crippen LogP contribution in [0.5, 0.6) is 0 Å². The van der Waals surface area contributed by atoms with Crippen molar-refractivity contribution in [2.75, 3.05) is 0 Å².